The molecule has 0 N–H and O–H groups in total. The van der Waals surface area contributed by atoms with Gasteiger partial charge in [0.15, 0.2) is 0 Å². The third-order valence-corrected chi connectivity index (χ3v) is 4.58. The molecule has 0 amide bonds. The number of aromatic nitrogens is 3. The molecule has 2 aromatic rings. The van der Waals surface area contributed by atoms with Gasteiger partial charge < -0.3 is 0 Å². The Kier molecular flexibility index (Phi) is 3.72. The van der Waals surface area contributed by atoms with Crippen molar-refractivity contribution in [2.24, 2.45) is 0 Å². The minimum absolute atomic E-state index is 0.0140. The molecule has 1 aliphatic carbocycles. The van der Waals surface area contributed by atoms with Crippen LogP contribution in [0.2, 0.25) is 0 Å². The van der Waals surface area contributed by atoms with Gasteiger partial charge >= 0.3 is 0 Å². The van der Waals surface area contributed by atoms with Crippen molar-refractivity contribution in [3.05, 3.63) is 28.2 Å². The van der Waals surface area contributed by atoms with E-state index >= 15 is 0 Å². The Balaban J connectivity index is 2.30. The quantitative estimate of drug-likeness (QED) is 0.779. The summed E-state index contributed by atoms with van der Waals surface area (Å²) in [6.07, 6.45) is 2.05. The van der Waals surface area contributed by atoms with Crippen LogP contribution in [0, 0.1) is 11.3 Å². The van der Waals surface area contributed by atoms with Crippen LogP contribution in [0.1, 0.15) is 30.9 Å². The zero-order valence-corrected chi connectivity index (χ0v) is 12.9. The lowest BCUT2D eigenvalue weighted by molar-refractivity contribution is 0.00565. The first kappa shape index (κ1) is 15.7. The maximum atomic E-state index is 13.5. The predicted octanol–water partition coefficient (Wildman–Crippen LogP) is 1.76. The fourth-order valence-corrected chi connectivity index (χ4v) is 3.23. The van der Waals surface area contributed by atoms with Crippen LogP contribution in [-0.4, -0.2) is 30.9 Å². The van der Waals surface area contributed by atoms with Crippen molar-refractivity contribution in [2.45, 2.75) is 36.4 Å². The summed E-state index contributed by atoms with van der Waals surface area (Å²) in [4.78, 5) is 20.5. The number of nitriles is 1. The van der Waals surface area contributed by atoms with Crippen molar-refractivity contribution in [2.75, 3.05) is 6.26 Å². The molecule has 2 atom stereocenters. The van der Waals surface area contributed by atoms with Crippen LogP contribution >= 0.6 is 0 Å². The topological polar surface area (TPSA) is 88.6 Å². The molecule has 3 rings (SSSR count). The fourth-order valence-electron chi connectivity index (χ4n) is 2.81. The van der Waals surface area contributed by atoms with E-state index in [-0.39, 0.29) is 29.2 Å². The summed E-state index contributed by atoms with van der Waals surface area (Å²) in [6, 6.07) is 2.35. The van der Waals surface area contributed by atoms with E-state index in [1.54, 1.807) is 6.07 Å². The van der Waals surface area contributed by atoms with Gasteiger partial charge in [-0.05, 0) is 12.5 Å². The third kappa shape index (κ3) is 2.74. The molecule has 2 unspecified atom stereocenters. The summed E-state index contributed by atoms with van der Waals surface area (Å²) in [5, 5.41) is 9.48. The molecule has 0 spiro atoms. The lowest BCUT2D eigenvalue weighted by atomic mass is 10.2. The second-order valence-electron chi connectivity index (χ2n) is 5.48. The monoisotopic (exact) mass is 338 g/mol. The second-order valence-corrected chi connectivity index (χ2v) is 6.76. The minimum Gasteiger partial charge on any atom is -0.288 e. The van der Waals surface area contributed by atoms with Crippen molar-refractivity contribution in [3.63, 3.8) is 0 Å². The molecular formula is C14H12F2N4O2S. The summed E-state index contributed by atoms with van der Waals surface area (Å²) >= 11 is 0. The number of halogens is 2. The number of hydrogen-bond acceptors (Lipinski definition) is 5. The standard InChI is InChI=1S/C14H12F2N4O2S/c1-23(22)13-18-7-9-4-8(6-17)12(21)20(11(9)19-13)10-2-3-14(15,16)5-10/h4,7,10H,2-3,5H2,1H3. The van der Waals surface area contributed by atoms with Crippen molar-refractivity contribution in [3.8, 4) is 6.07 Å². The van der Waals surface area contributed by atoms with Crippen molar-refractivity contribution in [1.82, 2.24) is 14.5 Å². The molecule has 23 heavy (non-hydrogen) atoms. The third-order valence-electron chi connectivity index (χ3n) is 3.87. The average Bonchev–Trinajstić information content (AvgIpc) is 2.85. The van der Waals surface area contributed by atoms with E-state index < -0.39 is 34.7 Å². The van der Waals surface area contributed by atoms with Gasteiger partial charge in [0.2, 0.25) is 11.1 Å². The van der Waals surface area contributed by atoms with Crippen molar-refractivity contribution < 1.29 is 13.0 Å². The maximum absolute atomic E-state index is 13.5. The molecule has 0 aliphatic heterocycles. The molecule has 0 saturated heterocycles. The molecule has 2 heterocycles. The van der Waals surface area contributed by atoms with E-state index in [9.17, 15) is 17.8 Å². The van der Waals surface area contributed by atoms with Crippen LogP contribution in [-0.2, 0) is 10.8 Å². The molecule has 0 bridgehead atoms. The highest BCUT2D eigenvalue weighted by Gasteiger charge is 2.41. The normalized spacial score (nSPS) is 21.2. The van der Waals surface area contributed by atoms with E-state index in [1.807, 2.05) is 0 Å². The average molecular weight is 338 g/mol. The van der Waals surface area contributed by atoms with Crippen LogP contribution in [0.3, 0.4) is 0 Å². The van der Waals surface area contributed by atoms with Crippen LogP contribution < -0.4 is 5.56 Å². The number of rotatable bonds is 2. The lowest BCUT2D eigenvalue weighted by Gasteiger charge is -2.17. The number of pyridine rings is 1. The SMILES string of the molecule is CS(=O)c1ncc2cc(C#N)c(=O)n(C3CCC(F)(F)C3)c2n1. The predicted molar refractivity (Wildman–Crippen MR) is 78.7 cm³/mol. The van der Waals surface area contributed by atoms with Gasteiger partial charge in [0.05, 0.1) is 10.8 Å². The molecule has 120 valence electrons. The molecular weight excluding hydrogens is 326 g/mol. The Morgan fingerprint density at radius 1 is 1.52 bits per heavy atom. The summed E-state index contributed by atoms with van der Waals surface area (Å²) in [5.74, 6) is -2.84. The van der Waals surface area contributed by atoms with Crippen LogP contribution in [0.15, 0.2) is 22.2 Å². The van der Waals surface area contributed by atoms with Gasteiger partial charge in [-0.25, -0.2) is 18.7 Å². The fraction of sp³-hybridized carbons (Fsp3) is 0.429. The molecule has 0 radical (unpaired) electrons. The van der Waals surface area contributed by atoms with Gasteiger partial charge in [-0.3, -0.25) is 13.6 Å². The largest absolute Gasteiger partial charge is 0.288 e. The highest BCUT2D eigenvalue weighted by molar-refractivity contribution is 7.84. The van der Waals surface area contributed by atoms with Crippen molar-refractivity contribution in [1.29, 1.82) is 5.26 Å². The molecule has 1 saturated carbocycles. The van der Waals surface area contributed by atoms with E-state index in [4.69, 9.17) is 5.26 Å². The summed E-state index contributed by atoms with van der Waals surface area (Å²) in [6.45, 7) is 0. The molecule has 2 aromatic heterocycles. The highest BCUT2D eigenvalue weighted by atomic mass is 32.2. The highest BCUT2D eigenvalue weighted by Crippen LogP contribution is 2.41. The number of alkyl halides is 2. The molecule has 0 aromatic carbocycles. The van der Waals surface area contributed by atoms with Gasteiger partial charge in [0.25, 0.3) is 5.56 Å². The van der Waals surface area contributed by atoms with E-state index in [1.165, 1.54) is 18.5 Å². The van der Waals surface area contributed by atoms with E-state index in [0.717, 1.165) is 4.57 Å². The second kappa shape index (κ2) is 5.45. The number of nitrogens with zero attached hydrogens (tertiary/aromatic N) is 4. The first-order valence-electron chi connectivity index (χ1n) is 6.86. The van der Waals surface area contributed by atoms with Gasteiger partial charge in [-0.15, -0.1) is 0 Å². The van der Waals surface area contributed by atoms with Crippen LogP contribution in [0.25, 0.3) is 11.0 Å². The molecule has 6 nitrogen and oxygen atoms in total. The zero-order chi connectivity index (χ0) is 16.8. The van der Waals surface area contributed by atoms with Gasteiger partial charge in [-0.1, -0.05) is 0 Å². The summed E-state index contributed by atoms with van der Waals surface area (Å²) in [7, 11) is -1.47. The molecule has 1 aliphatic rings. The Labute approximate surface area is 132 Å². The van der Waals surface area contributed by atoms with Crippen LogP contribution in [0.5, 0.6) is 0 Å². The smallest absolute Gasteiger partial charge is 0.270 e. The van der Waals surface area contributed by atoms with Gasteiger partial charge in [0, 0.05) is 36.7 Å². The molecule has 1 fully saturated rings. The number of hydrogen-bond donors (Lipinski definition) is 0. The summed E-state index contributed by atoms with van der Waals surface area (Å²) < 4.78 is 39.8. The Hall–Kier alpha value is -2.21. The van der Waals surface area contributed by atoms with Crippen LogP contribution in [0.4, 0.5) is 8.78 Å². The Morgan fingerprint density at radius 2 is 2.26 bits per heavy atom. The maximum Gasteiger partial charge on any atom is 0.270 e. The Bertz CT molecular complexity index is 919. The van der Waals surface area contributed by atoms with E-state index in [2.05, 4.69) is 9.97 Å². The van der Waals surface area contributed by atoms with E-state index in [0.29, 0.717) is 5.39 Å². The van der Waals surface area contributed by atoms with Gasteiger partial charge in [-0.2, -0.15) is 5.26 Å². The molecule has 9 heteroatoms. The lowest BCUT2D eigenvalue weighted by Crippen LogP contribution is -2.28. The minimum atomic E-state index is -2.84. The van der Waals surface area contributed by atoms with Crippen molar-refractivity contribution >= 4 is 21.8 Å². The zero-order valence-electron chi connectivity index (χ0n) is 12.1. The Morgan fingerprint density at radius 3 is 2.83 bits per heavy atom. The number of fused-ring (bicyclic) bond motifs is 1. The first-order chi connectivity index (χ1) is 10.8. The first-order valence-corrected chi connectivity index (χ1v) is 8.42. The summed E-state index contributed by atoms with van der Waals surface area (Å²) in [5.41, 5.74) is -0.673. The van der Waals surface area contributed by atoms with Gasteiger partial charge in [0.1, 0.15) is 17.3 Å².